The molecule has 0 N–H and O–H groups in total. The van der Waals surface area contributed by atoms with Crippen LogP contribution in [0.3, 0.4) is 0 Å². The Morgan fingerprint density at radius 3 is 2.58 bits per heavy atom. The van der Waals surface area contributed by atoms with E-state index in [9.17, 15) is 4.79 Å². The smallest absolute Gasteiger partial charge is 0.307 e. The van der Waals surface area contributed by atoms with Gasteiger partial charge in [-0.05, 0) is 12.8 Å². The fourth-order valence-corrected chi connectivity index (χ4v) is 0.728. The van der Waals surface area contributed by atoms with Crippen molar-refractivity contribution >= 4 is 5.97 Å². The lowest BCUT2D eigenvalue weighted by atomic mass is 10.4. The molecule has 0 saturated carbocycles. The average Bonchev–Trinajstić information content (AvgIpc) is 2.09. The Labute approximate surface area is 74.5 Å². The van der Waals surface area contributed by atoms with E-state index in [1.807, 2.05) is 6.92 Å². The van der Waals surface area contributed by atoms with Gasteiger partial charge >= 0.3 is 5.97 Å². The Morgan fingerprint density at radius 2 is 2.00 bits per heavy atom. The third-order valence-corrected chi connectivity index (χ3v) is 1.32. The fraction of sp³-hybridized carbons (Fsp3) is 0.889. The highest BCUT2D eigenvalue weighted by Gasteiger charge is 2.00. The summed E-state index contributed by atoms with van der Waals surface area (Å²) >= 11 is 0. The van der Waals surface area contributed by atoms with Crippen LogP contribution in [0.4, 0.5) is 0 Å². The molecule has 0 atom stereocenters. The third kappa shape index (κ3) is 7.54. The summed E-state index contributed by atoms with van der Waals surface area (Å²) in [5.74, 6) is -0.128. The molecular formula is C9H18NO2. The molecule has 3 nitrogen and oxygen atoms in total. The van der Waals surface area contributed by atoms with E-state index in [-0.39, 0.29) is 5.97 Å². The molecule has 0 aliphatic rings. The minimum atomic E-state index is -0.128. The van der Waals surface area contributed by atoms with Crippen molar-refractivity contribution in [3.05, 3.63) is 0 Å². The molecule has 0 aromatic carbocycles. The first kappa shape index (κ1) is 11.4. The van der Waals surface area contributed by atoms with E-state index in [1.54, 1.807) is 0 Å². The van der Waals surface area contributed by atoms with Crippen LogP contribution in [-0.2, 0) is 9.53 Å². The van der Waals surface area contributed by atoms with E-state index in [0.29, 0.717) is 19.6 Å². The van der Waals surface area contributed by atoms with Gasteiger partial charge in [0.05, 0.1) is 13.0 Å². The molecule has 0 amide bonds. The lowest BCUT2D eigenvalue weighted by molar-refractivity contribution is -0.143. The fourth-order valence-electron chi connectivity index (χ4n) is 0.728. The van der Waals surface area contributed by atoms with Gasteiger partial charge in [-0.25, -0.2) is 5.32 Å². The number of hydrogen-bond acceptors (Lipinski definition) is 2. The van der Waals surface area contributed by atoms with Gasteiger partial charge in [-0.3, -0.25) is 4.79 Å². The number of rotatable bonds is 7. The molecule has 12 heavy (non-hydrogen) atoms. The standard InChI is InChI=1S/C9H18NO2/c1-3-6-10-7-5-9(11)12-8-4-2/h3-8H2,1-2H3. The summed E-state index contributed by atoms with van der Waals surface area (Å²) in [6.45, 7) is 6.04. The highest BCUT2D eigenvalue weighted by Crippen LogP contribution is 1.87. The Morgan fingerprint density at radius 1 is 1.25 bits per heavy atom. The molecule has 0 fully saturated rings. The van der Waals surface area contributed by atoms with E-state index >= 15 is 0 Å². The molecule has 0 unspecified atom stereocenters. The van der Waals surface area contributed by atoms with Gasteiger partial charge in [0, 0.05) is 13.1 Å². The summed E-state index contributed by atoms with van der Waals surface area (Å²) in [5, 5.41) is 4.14. The Hall–Kier alpha value is -0.570. The Kier molecular flexibility index (Phi) is 8.12. The van der Waals surface area contributed by atoms with Gasteiger partial charge in [0.2, 0.25) is 0 Å². The Balaban J connectivity index is 3.08. The molecule has 0 saturated heterocycles. The lowest BCUT2D eigenvalue weighted by Crippen LogP contribution is -2.14. The predicted octanol–water partition coefficient (Wildman–Crippen LogP) is 1.34. The van der Waals surface area contributed by atoms with E-state index in [0.717, 1.165) is 19.4 Å². The van der Waals surface area contributed by atoms with Crippen molar-refractivity contribution in [2.45, 2.75) is 33.1 Å². The predicted molar refractivity (Wildman–Crippen MR) is 48.0 cm³/mol. The van der Waals surface area contributed by atoms with Crippen LogP contribution in [0.25, 0.3) is 0 Å². The van der Waals surface area contributed by atoms with Gasteiger partial charge in [-0.1, -0.05) is 13.8 Å². The van der Waals surface area contributed by atoms with Gasteiger partial charge in [-0.2, -0.15) is 0 Å². The molecule has 0 heterocycles. The van der Waals surface area contributed by atoms with E-state index < -0.39 is 0 Å². The van der Waals surface area contributed by atoms with Crippen LogP contribution in [0, 0.1) is 0 Å². The zero-order valence-corrected chi connectivity index (χ0v) is 8.01. The molecule has 0 bridgehead atoms. The maximum absolute atomic E-state index is 10.9. The first-order valence-electron chi connectivity index (χ1n) is 4.60. The van der Waals surface area contributed by atoms with Crippen molar-refractivity contribution in [1.82, 2.24) is 5.32 Å². The van der Waals surface area contributed by atoms with Gasteiger partial charge in [0.1, 0.15) is 0 Å². The van der Waals surface area contributed by atoms with E-state index in [1.165, 1.54) is 0 Å². The quantitative estimate of drug-likeness (QED) is 0.429. The molecule has 0 rings (SSSR count). The molecule has 0 aromatic rings. The summed E-state index contributed by atoms with van der Waals surface area (Å²) in [4.78, 5) is 10.9. The molecule has 3 heteroatoms. The normalized spacial score (nSPS) is 9.83. The van der Waals surface area contributed by atoms with Crippen molar-refractivity contribution in [3.8, 4) is 0 Å². The Bertz CT molecular complexity index is 115. The molecule has 0 aromatic heterocycles. The molecular weight excluding hydrogens is 154 g/mol. The van der Waals surface area contributed by atoms with E-state index in [2.05, 4.69) is 12.2 Å². The zero-order valence-electron chi connectivity index (χ0n) is 8.01. The van der Waals surface area contributed by atoms with Crippen LogP contribution in [0.15, 0.2) is 0 Å². The third-order valence-electron chi connectivity index (χ3n) is 1.32. The molecule has 0 aliphatic heterocycles. The van der Waals surface area contributed by atoms with Crippen molar-refractivity contribution in [2.24, 2.45) is 0 Å². The summed E-state index contributed by atoms with van der Waals surface area (Å²) in [5.41, 5.74) is 0. The minimum Gasteiger partial charge on any atom is -0.466 e. The van der Waals surface area contributed by atoms with Crippen LogP contribution in [-0.4, -0.2) is 25.7 Å². The molecule has 1 radical (unpaired) electrons. The summed E-state index contributed by atoms with van der Waals surface area (Å²) < 4.78 is 4.87. The van der Waals surface area contributed by atoms with Crippen LogP contribution in [0.5, 0.6) is 0 Å². The van der Waals surface area contributed by atoms with E-state index in [4.69, 9.17) is 4.74 Å². The number of carbonyl (C=O) groups excluding carboxylic acids is 1. The summed E-state index contributed by atoms with van der Waals surface area (Å²) in [6, 6.07) is 0. The van der Waals surface area contributed by atoms with Gasteiger partial charge in [0.25, 0.3) is 0 Å². The molecule has 0 spiro atoms. The second kappa shape index (κ2) is 8.53. The maximum Gasteiger partial charge on any atom is 0.307 e. The summed E-state index contributed by atoms with van der Waals surface area (Å²) in [7, 11) is 0. The number of nitrogens with zero attached hydrogens (tertiary/aromatic N) is 1. The van der Waals surface area contributed by atoms with Crippen molar-refractivity contribution in [2.75, 3.05) is 19.7 Å². The van der Waals surface area contributed by atoms with Gasteiger partial charge < -0.3 is 4.74 Å². The number of ether oxygens (including phenoxy) is 1. The van der Waals surface area contributed by atoms with Crippen LogP contribution in [0.2, 0.25) is 0 Å². The van der Waals surface area contributed by atoms with Crippen molar-refractivity contribution in [1.29, 1.82) is 0 Å². The van der Waals surface area contributed by atoms with Crippen LogP contribution < -0.4 is 5.32 Å². The zero-order chi connectivity index (χ0) is 9.23. The van der Waals surface area contributed by atoms with Crippen LogP contribution >= 0.6 is 0 Å². The SMILES string of the molecule is CCC[N]CCC(=O)OCCC. The van der Waals surface area contributed by atoms with Crippen molar-refractivity contribution < 1.29 is 9.53 Å². The number of hydrogen-bond donors (Lipinski definition) is 0. The van der Waals surface area contributed by atoms with Gasteiger partial charge in [0.15, 0.2) is 0 Å². The second-order valence-electron chi connectivity index (χ2n) is 2.64. The lowest BCUT2D eigenvalue weighted by Gasteiger charge is -2.02. The first-order valence-corrected chi connectivity index (χ1v) is 4.60. The maximum atomic E-state index is 10.9. The largest absolute Gasteiger partial charge is 0.466 e. The second-order valence-corrected chi connectivity index (χ2v) is 2.64. The number of esters is 1. The first-order chi connectivity index (χ1) is 5.81. The van der Waals surface area contributed by atoms with Crippen LogP contribution in [0.1, 0.15) is 33.1 Å². The summed E-state index contributed by atoms with van der Waals surface area (Å²) in [6.07, 6.45) is 2.36. The molecule has 0 aliphatic carbocycles. The highest BCUT2D eigenvalue weighted by atomic mass is 16.5. The average molecular weight is 172 g/mol. The highest BCUT2D eigenvalue weighted by molar-refractivity contribution is 5.69. The minimum absolute atomic E-state index is 0.128. The van der Waals surface area contributed by atoms with Crippen molar-refractivity contribution in [3.63, 3.8) is 0 Å². The number of carbonyl (C=O) groups is 1. The topological polar surface area (TPSA) is 40.4 Å². The molecule has 71 valence electrons. The van der Waals surface area contributed by atoms with Gasteiger partial charge in [-0.15, -0.1) is 0 Å². The monoisotopic (exact) mass is 172 g/mol.